The zero-order chi connectivity index (χ0) is 14.3. The number of ether oxygens (including phenoxy) is 1. The van der Waals surface area contributed by atoms with Gasteiger partial charge < -0.3 is 15.4 Å². The van der Waals surface area contributed by atoms with E-state index in [0.717, 1.165) is 30.5 Å². The minimum atomic E-state index is 0.260. The minimum absolute atomic E-state index is 0.260. The maximum Gasteiger partial charge on any atom is 0.135 e. The molecule has 1 aromatic heterocycles. The maximum absolute atomic E-state index is 5.50. The number of aromatic nitrogens is 2. The predicted molar refractivity (Wildman–Crippen MR) is 79.9 cm³/mol. The first-order chi connectivity index (χ1) is 9.02. The molecule has 19 heavy (non-hydrogen) atoms. The van der Waals surface area contributed by atoms with E-state index in [-0.39, 0.29) is 6.10 Å². The van der Waals surface area contributed by atoms with Crippen molar-refractivity contribution in [1.29, 1.82) is 0 Å². The fraction of sp³-hybridized carbons (Fsp3) is 0.714. The third-order valence-corrected chi connectivity index (χ3v) is 2.48. The van der Waals surface area contributed by atoms with Gasteiger partial charge in [-0.15, -0.1) is 0 Å². The molecule has 1 rings (SSSR count). The standard InChI is InChI=1S/C14H26N4O/c1-6-15-12-9-13(16-7-8-19-11(4)5)18-14(17-12)10(2)3/h9-11H,6-8H2,1-5H3,(H2,15,16,17,18). The molecule has 1 heterocycles. The molecule has 0 aliphatic rings. The highest BCUT2D eigenvalue weighted by Crippen LogP contribution is 2.16. The van der Waals surface area contributed by atoms with Crippen LogP contribution in [0.2, 0.25) is 0 Å². The van der Waals surface area contributed by atoms with Gasteiger partial charge in [0.05, 0.1) is 12.7 Å². The van der Waals surface area contributed by atoms with E-state index in [4.69, 9.17) is 4.74 Å². The summed E-state index contributed by atoms with van der Waals surface area (Å²) in [5.74, 6) is 2.88. The third-order valence-electron chi connectivity index (χ3n) is 2.48. The number of nitrogens with zero attached hydrogens (tertiary/aromatic N) is 2. The summed E-state index contributed by atoms with van der Waals surface area (Å²) in [6, 6.07) is 1.94. The van der Waals surface area contributed by atoms with Crippen molar-refractivity contribution >= 4 is 11.6 Å². The van der Waals surface area contributed by atoms with Gasteiger partial charge in [-0.05, 0) is 20.8 Å². The maximum atomic E-state index is 5.50. The molecule has 0 saturated heterocycles. The molecule has 0 aromatic carbocycles. The Kier molecular flexibility index (Phi) is 6.56. The molecular formula is C14H26N4O. The molecule has 0 aliphatic heterocycles. The SMILES string of the molecule is CCNc1cc(NCCOC(C)C)nc(C(C)C)n1. The Morgan fingerprint density at radius 3 is 2.26 bits per heavy atom. The lowest BCUT2D eigenvalue weighted by Gasteiger charge is -2.13. The number of rotatable bonds is 8. The highest BCUT2D eigenvalue weighted by atomic mass is 16.5. The lowest BCUT2D eigenvalue weighted by Crippen LogP contribution is -2.15. The van der Waals surface area contributed by atoms with Crippen LogP contribution in [0.1, 0.15) is 46.4 Å². The summed E-state index contributed by atoms with van der Waals surface area (Å²) in [6.45, 7) is 12.6. The lowest BCUT2D eigenvalue weighted by atomic mass is 10.2. The lowest BCUT2D eigenvalue weighted by molar-refractivity contribution is 0.0870. The number of nitrogens with one attached hydrogen (secondary N) is 2. The average molecular weight is 266 g/mol. The molecule has 1 aromatic rings. The highest BCUT2D eigenvalue weighted by Gasteiger charge is 2.07. The Morgan fingerprint density at radius 1 is 1.11 bits per heavy atom. The summed E-state index contributed by atoms with van der Waals surface area (Å²) >= 11 is 0. The quantitative estimate of drug-likeness (QED) is 0.709. The van der Waals surface area contributed by atoms with Crippen molar-refractivity contribution in [3.05, 3.63) is 11.9 Å². The van der Waals surface area contributed by atoms with E-state index < -0.39 is 0 Å². The largest absolute Gasteiger partial charge is 0.377 e. The van der Waals surface area contributed by atoms with Gasteiger partial charge in [0.15, 0.2) is 0 Å². The Bertz CT molecular complexity index is 380. The zero-order valence-electron chi connectivity index (χ0n) is 12.7. The molecule has 5 heteroatoms. The number of hydrogen-bond donors (Lipinski definition) is 2. The molecule has 0 bridgehead atoms. The van der Waals surface area contributed by atoms with Gasteiger partial charge in [0.2, 0.25) is 0 Å². The zero-order valence-corrected chi connectivity index (χ0v) is 12.7. The van der Waals surface area contributed by atoms with Crippen LogP contribution in [0, 0.1) is 0 Å². The van der Waals surface area contributed by atoms with Gasteiger partial charge in [-0.2, -0.15) is 0 Å². The van der Waals surface area contributed by atoms with Gasteiger partial charge in [-0.3, -0.25) is 0 Å². The third kappa shape index (κ3) is 5.87. The predicted octanol–water partition coefficient (Wildman–Crippen LogP) is 2.87. The topological polar surface area (TPSA) is 59.1 Å². The van der Waals surface area contributed by atoms with Crippen molar-refractivity contribution < 1.29 is 4.74 Å². The van der Waals surface area contributed by atoms with Crippen molar-refractivity contribution in [2.45, 2.75) is 46.6 Å². The van der Waals surface area contributed by atoms with Crippen molar-refractivity contribution in [1.82, 2.24) is 9.97 Å². The van der Waals surface area contributed by atoms with Crippen molar-refractivity contribution in [3.8, 4) is 0 Å². The van der Waals surface area contributed by atoms with Crippen LogP contribution >= 0.6 is 0 Å². The molecule has 0 atom stereocenters. The van der Waals surface area contributed by atoms with Crippen LogP contribution in [-0.4, -0.2) is 35.8 Å². The van der Waals surface area contributed by atoms with Gasteiger partial charge in [0, 0.05) is 25.1 Å². The van der Waals surface area contributed by atoms with Gasteiger partial charge in [0.1, 0.15) is 17.5 Å². The molecule has 0 radical (unpaired) electrons. The summed E-state index contributed by atoms with van der Waals surface area (Å²) in [5.41, 5.74) is 0. The fourth-order valence-corrected chi connectivity index (χ4v) is 1.56. The van der Waals surface area contributed by atoms with Crippen LogP contribution in [0.5, 0.6) is 0 Å². The molecular weight excluding hydrogens is 240 g/mol. The van der Waals surface area contributed by atoms with Crippen LogP contribution in [0.15, 0.2) is 6.07 Å². The number of anilines is 2. The van der Waals surface area contributed by atoms with Crippen LogP contribution < -0.4 is 10.6 Å². The molecule has 0 fully saturated rings. The molecule has 0 aliphatic carbocycles. The first-order valence-electron chi connectivity index (χ1n) is 7.01. The summed E-state index contributed by atoms with van der Waals surface area (Å²) in [5, 5.41) is 6.51. The number of hydrogen-bond acceptors (Lipinski definition) is 5. The van der Waals surface area contributed by atoms with E-state index in [1.165, 1.54) is 0 Å². The van der Waals surface area contributed by atoms with E-state index in [2.05, 4.69) is 41.4 Å². The smallest absolute Gasteiger partial charge is 0.135 e. The van der Waals surface area contributed by atoms with Crippen LogP contribution in [0.25, 0.3) is 0 Å². The van der Waals surface area contributed by atoms with Gasteiger partial charge in [0.25, 0.3) is 0 Å². The Hall–Kier alpha value is -1.36. The van der Waals surface area contributed by atoms with Crippen LogP contribution in [-0.2, 0) is 4.74 Å². The summed E-state index contributed by atoms with van der Waals surface area (Å²) in [6.07, 6.45) is 0.260. The second-order valence-electron chi connectivity index (χ2n) is 5.03. The van der Waals surface area contributed by atoms with E-state index in [1.807, 2.05) is 19.9 Å². The normalized spacial score (nSPS) is 11.1. The van der Waals surface area contributed by atoms with Crippen molar-refractivity contribution in [2.75, 3.05) is 30.3 Å². The minimum Gasteiger partial charge on any atom is -0.377 e. The second kappa shape index (κ2) is 7.94. The Morgan fingerprint density at radius 2 is 1.74 bits per heavy atom. The first-order valence-corrected chi connectivity index (χ1v) is 7.01. The summed E-state index contributed by atoms with van der Waals surface area (Å²) < 4.78 is 5.50. The fourth-order valence-electron chi connectivity index (χ4n) is 1.56. The second-order valence-corrected chi connectivity index (χ2v) is 5.03. The van der Waals surface area contributed by atoms with Gasteiger partial charge in [-0.25, -0.2) is 9.97 Å². The van der Waals surface area contributed by atoms with Crippen molar-refractivity contribution in [2.24, 2.45) is 0 Å². The Labute approximate surface area is 116 Å². The summed E-state index contributed by atoms with van der Waals surface area (Å²) in [4.78, 5) is 9.00. The molecule has 0 amide bonds. The van der Waals surface area contributed by atoms with Crippen molar-refractivity contribution in [3.63, 3.8) is 0 Å². The van der Waals surface area contributed by atoms with Gasteiger partial charge in [-0.1, -0.05) is 13.8 Å². The van der Waals surface area contributed by atoms with E-state index in [0.29, 0.717) is 12.5 Å². The Balaban J connectivity index is 2.65. The summed E-state index contributed by atoms with van der Waals surface area (Å²) in [7, 11) is 0. The van der Waals surface area contributed by atoms with Crippen LogP contribution in [0.4, 0.5) is 11.6 Å². The van der Waals surface area contributed by atoms with E-state index in [9.17, 15) is 0 Å². The monoisotopic (exact) mass is 266 g/mol. The molecule has 0 saturated carbocycles. The van der Waals surface area contributed by atoms with Gasteiger partial charge >= 0.3 is 0 Å². The molecule has 0 unspecified atom stereocenters. The first kappa shape index (κ1) is 15.7. The average Bonchev–Trinajstić information content (AvgIpc) is 2.34. The molecule has 0 spiro atoms. The molecule has 108 valence electrons. The molecule has 5 nitrogen and oxygen atoms in total. The van der Waals surface area contributed by atoms with E-state index in [1.54, 1.807) is 0 Å². The molecule has 2 N–H and O–H groups in total. The highest BCUT2D eigenvalue weighted by molar-refractivity contribution is 5.47. The van der Waals surface area contributed by atoms with Crippen LogP contribution in [0.3, 0.4) is 0 Å². The van der Waals surface area contributed by atoms with E-state index >= 15 is 0 Å².